The molecule has 0 radical (unpaired) electrons. The number of nitrogens with zero attached hydrogens (tertiary/aromatic N) is 2. The van der Waals surface area contributed by atoms with Crippen LogP contribution in [0.25, 0.3) is 0 Å². The maximum atomic E-state index is 12.4. The third-order valence-corrected chi connectivity index (χ3v) is 5.11. The Morgan fingerprint density at radius 2 is 1.78 bits per heavy atom. The SMILES string of the molecule is Cl.NC[C@@H]1CN(CC(=O)N2CCCCC2)C[C@H]1c1ccccc1. The molecule has 0 bridgehead atoms. The summed E-state index contributed by atoms with van der Waals surface area (Å²) >= 11 is 0. The van der Waals surface area contributed by atoms with Crippen molar-refractivity contribution in [2.24, 2.45) is 11.7 Å². The Morgan fingerprint density at radius 1 is 1.09 bits per heavy atom. The van der Waals surface area contributed by atoms with Gasteiger partial charge in [-0.2, -0.15) is 0 Å². The van der Waals surface area contributed by atoms with E-state index in [1.807, 2.05) is 11.0 Å². The first-order valence-electron chi connectivity index (χ1n) is 8.53. The summed E-state index contributed by atoms with van der Waals surface area (Å²) in [4.78, 5) is 16.8. The van der Waals surface area contributed by atoms with Crippen molar-refractivity contribution >= 4 is 18.3 Å². The van der Waals surface area contributed by atoms with Crippen LogP contribution in [-0.4, -0.2) is 55.0 Å². The Hall–Kier alpha value is -1.10. The molecule has 4 nitrogen and oxygen atoms in total. The fourth-order valence-electron chi connectivity index (χ4n) is 3.84. The molecule has 0 saturated carbocycles. The number of rotatable bonds is 4. The summed E-state index contributed by atoms with van der Waals surface area (Å²) < 4.78 is 0. The smallest absolute Gasteiger partial charge is 0.236 e. The van der Waals surface area contributed by atoms with E-state index < -0.39 is 0 Å². The van der Waals surface area contributed by atoms with E-state index in [0.29, 0.717) is 30.8 Å². The Balaban J connectivity index is 0.00000192. The maximum Gasteiger partial charge on any atom is 0.236 e. The predicted molar refractivity (Wildman–Crippen MR) is 95.8 cm³/mol. The van der Waals surface area contributed by atoms with Gasteiger partial charge in [0.15, 0.2) is 0 Å². The number of carbonyl (C=O) groups is 1. The molecule has 2 aliphatic rings. The van der Waals surface area contributed by atoms with E-state index in [4.69, 9.17) is 5.73 Å². The van der Waals surface area contributed by atoms with Gasteiger partial charge in [0.05, 0.1) is 6.54 Å². The van der Waals surface area contributed by atoms with Gasteiger partial charge in [-0.25, -0.2) is 0 Å². The minimum Gasteiger partial charge on any atom is -0.342 e. The zero-order valence-corrected chi connectivity index (χ0v) is 14.5. The second kappa shape index (κ2) is 8.67. The van der Waals surface area contributed by atoms with Crippen LogP contribution >= 0.6 is 12.4 Å². The van der Waals surface area contributed by atoms with Crippen molar-refractivity contribution in [2.75, 3.05) is 39.3 Å². The van der Waals surface area contributed by atoms with Gasteiger partial charge in [-0.05, 0) is 37.3 Å². The van der Waals surface area contributed by atoms with Crippen molar-refractivity contribution in [3.8, 4) is 0 Å². The van der Waals surface area contributed by atoms with Gasteiger partial charge in [0.1, 0.15) is 0 Å². The molecule has 5 heteroatoms. The maximum absolute atomic E-state index is 12.4. The van der Waals surface area contributed by atoms with Crippen molar-refractivity contribution < 1.29 is 4.79 Å². The zero-order valence-electron chi connectivity index (χ0n) is 13.7. The molecule has 128 valence electrons. The summed E-state index contributed by atoms with van der Waals surface area (Å²) in [7, 11) is 0. The summed E-state index contributed by atoms with van der Waals surface area (Å²) in [5.41, 5.74) is 7.33. The van der Waals surface area contributed by atoms with Crippen molar-refractivity contribution in [3.05, 3.63) is 35.9 Å². The van der Waals surface area contributed by atoms with Gasteiger partial charge in [0.2, 0.25) is 5.91 Å². The number of halogens is 1. The predicted octanol–water partition coefficient (Wildman–Crippen LogP) is 2.09. The van der Waals surface area contributed by atoms with Crippen LogP contribution in [0.4, 0.5) is 0 Å². The lowest BCUT2D eigenvalue weighted by atomic mass is 9.89. The average molecular weight is 338 g/mol. The largest absolute Gasteiger partial charge is 0.342 e. The van der Waals surface area contributed by atoms with Crippen LogP contribution in [0.3, 0.4) is 0 Å². The van der Waals surface area contributed by atoms with E-state index in [0.717, 1.165) is 39.0 Å². The average Bonchev–Trinajstić information content (AvgIpc) is 2.99. The summed E-state index contributed by atoms with van der Waals surface area (Å²) in [5, 5.41) is 0. The highest BCUT2D eigenvalue weighted by Crippen LogP contribution is 2.31. The van der Waals surface area contributed by atoms with E-state index >= 15 is 0 Å². The molecule has 2 fully saturated rings. The van der Waals surface area contributed by atoms with Crippen molar-refractivity contribution in [2.45, 2.75) is 25.2 Å². The van der Waals surface area contributed by atoms with Gasteiger partial charge in [-0.3, -0.25) is 9.69 Å². The van der Waals surface area contributed by atoms with E-state index in [1.54, 1.807) is 0 Å². The van der Waals surface area contributed by atoms with Gasteiger partial charge in [-0.15, -0.1) is 12.4 Å². The normalized spacial score (nSPS) is 25.2. The molecule has 2 heterocycles. The molecule has 2 N–H and O–H groups in total. The Bertz CT molecular complexity index is 490. The fourth-order valence-corrected chi connectivity index (χ4v) is 3.84. The highest BCUT2D eigenvalue weighted by molar-refractivity contribution is 5.85. The fraction of sp³-hybridized carbons (Fsp3) is 0.611. The summed E-state index contributed by atoms with van der Waals surface area (Å²) in [5.74, 6) is 1.21. The number of piperidine rings is 1. The third kappa shape index (κ3) is 4.46. The van der Waals surface area contributed by atoms with Crippen molar-refractivity contribution in [1.82, 2.24) is 9.80 Å². The van der Waals surface area contributed by atoms with Crippen LogP contribution in [0, 0.1) is 5.92 Å². The Labute approximate surface area is 145 Å². The highest BCUT2D eigenvalue weighted by atomic mass is 35.5. The number of hydrogen-bond donors (Lipinski definition) is 1. The number of carbonyl (C=O) groups excluding carboxylic acids is 1. The van der Waals surface area contributed by atoms with Crippen LogP contribution in [0.5, 0.6) is 0 Å². The highest BCUT2D eigenvalue weighted by Gasteiger charge is 2.34. The van der Waals surface area contributed by atoms with Crippen LogP contribution in [0.2, 0.25) is 0 Å². The molecule has 1 amide bonds. The summed E-state index contributed by atoms with van der Waals surface area (Å²) in [6.45, 7) is 5.01. The van der Waals surface area contributed by atoms with Crippen LogP contribution in [0.1, 0.15) is 30.7 Å². The molecule has 2 aliphatic heterocycles. The quantitative estimate of drug-likeness (QED) is 0.915. The molecule has 3 rings (SSSR count). The molecular formula is C18H28ClN3O. The van der Waals surface area contributed by atoms with Gasteiger partial charge in [0.25, 0.3) is 0 Å². The van der Waals surface area contributed by atoms with Gasteiger partial charge in [-0.1, -0.05) is 30.3 Å². The van der Waals surface area contributed by atoms with Crippen LogP contribution in [-0.2, 0) is 4.79 Å². The molecule has 2 saturated heterocycles. The van der Waals surface area contributed by atoms with Gasteiger partial charge in [0, 0.05) is 32.1 Å². The van der Waals surface area contributed by atoms with Crippen LogP contribution < -0.4 is 5.73 Å². The van der Waals surface area contributed by atoms with Gasteiger partial charge >= 0.3 is 0 Å². The first-order chi connectivity index (χ1) is 10.8. The third-order valence-electron chi connectivity index (χ3n) is 5.11. The van der Waals surface area contributed by atoms with E-state index in [1.165, 1.54) is 12.0 Å². The number of nitrogens with two attached hydrogens (primary N) is 1. The molecule has 2 atom stereocenters. The van der Waals surface area contributed by atoms with E-state index in [-0.39, 0.29) is 12.4 Å². The molecule has 0 spiro atoms. The van der Waals surface area contributed by atoms with Crippen molar-refractivity contribution in [3.63, 3.8) is 0 Å². The Kier molecular flexibility index (Phi) is 6.88. The summed E-state index contributed by atoms with van der Waals surface area (Å²) in [6.07, 6.45) is 3.58. The number of amides is 1. The summed E-state index contributed by atoms with van der Waals surface area (Å²) in [6, 6.07) is 10.6. The minimum absolute atomic E-state index is 0. The zero-order chi connectivity index (χ0) is 15.4. The standard InChI is InChI=1S/C18H27N3O.ClH/c19-11-16-12-20(13-17(16)15-7-3-1-4-8-15)14-18(22)21-9-5-2-6-10-21;/h1,3-4,7-8,16-17H,2,5-6,9-14,19H2;1H/t16-,17+;/m1./s1. The molecule has 1 aromatic rings. The number of benzene rings is 1. The topological polar surface area (TPSA) is 49.6 Å². The van der Waals surface area contributed by atoms with Gasteiger partial charge < -0.3 is 10.6 Å². The van der Waals surface area contributed by atoms with E-state index in [9.17, 15) is 4.79 Å². The first-order valence-corrected chi connectivity index (χ1v) is 8.53. The second-order valence-corrected chi connectivity index (χ2v) is 6.65. The number of hydrogen-bond acceptors (Lipinski definition) is 3. The first kappa shape index (κ1) is 18.2. The molecule has 0 unspecified atom stereocenters. The number of likely N-dealkylation sites (tertiary alicyclic amines) is 2. The molecule has 23 heavy (non-hydrogen) atoms. The Morgan fingerprint density at radius 3 is 2.43 bits per heavy atom. The lowest BCUT2D eigenvalue weighted by Gasteiger charge is -2.28. The second-order valence-electron chi connectivity index (χ2n) is 6.65. The molecule has 0 aromatic heterocycles. The van der Waals surface area contributed by atoms with Crippen LogP contribution in [0.15, 0.2) is 30.3 Å². The van der Waals surface area contributed by atoms with E-state index in [2.05, 4.69) is 29.2 Å². The monoisotopic (exact) mass is 337 g/mol. The van der Waals surface area contributed by atoms with Crippen molar-refractivity contribution in [1.29, 1.82) is 0 Å². The molecule has 0 aliphatic carbocycles. The minimum atomic E-state index is 0. The lowest BCUT2D eigenvalue weighted by molar-refractivity contribution is -0.133. The lowest BCUT2D eigenvalue weighted by Crippen LogP contribution is -2.42. The molecular weight excluding hydrogens is 310 g/mol. The molecule has 1 aromatic carbocycles.